The van der Waals surface area contributed by atoms with Crippen LogP contribution in [-0.4, -0.2) is 66.6 Å². The molecule has 1 atom stereocenters. The third-order valence-electron chi connectivity index (χ3n) is 5.99. The average Bonchev–Trinajstić information content (AvgIpc) is 3.32. The molecule has 0 aliphatic carbocycles. The highest BCUT2D eigenvalue weighted by Crippen LogP contribution is 2.27. The van der Waals surface area contributed by atoms with Gasteiger partial charge in [-0.05, 0) is 48.9 Å². The number of nitrogens with zero attached hydrogens (tertiary/aromatic N) is 2. The van der Waals surface area contributed by atoms with Crippen LogP contribution in [0.5, 0.6) is 5.75 Å². The van der Waals surface area contributed by atoms with Gasteiger partial charge in [0.15, 0.2) is 0 Å². The Kier molecular flexibility index (Phi) is 7.71. The number of piperidine rings is 1. The zero-order chi connectivity index (χ0) is 22.4. The van der Waals surface area contributed by atoms with Crippen LogP contribution in [0.2, 0.25) is 5.02 Å². The lowest BCUT2D eigenvalue weighted by Gasteiger charge is -2.43. The van der Waals surface area contributed by atoms with Crippen molar-refractivity contribution in [2.45, 2.75) is 37.7 Å². The maximum atomic E-state index is 13.1. The number of amides is 2. The first-order valence-corrected chi connectivity index (χ1v) is 12.4. The molecular formula is C24H29ClN2O4S. The maximum absolute atomic E-state index is 13.1. The molecule has 0 saturated carbocycles. The van der Waals surface area contributed by atoms with Gasteiger partial charge in [0, 0.05) is 29.5 Å². The highest BCUT2D eigenvalue weighted by atomic mass is 35.5. The average molecular weight is 477 g/mol. The third-order valence-corrected chi connectivity index (χ3v) is 7.10. The van der Waals surface area contributed by atoms with Gasteiger partial charge in [-0.3, -0.25) is 9.59 Å². The summed E-state index contributed by atoms with van der Waals surface area (Å²) < 4.78 is 12.2. The summed E-state index contributed by atoms with van der Waals surface area (Å²) in [5, 5.41) is 2.56. The summed E-state index contributed by atoms with van der Waals surface area (Å²) in [6.45, 7) is 2.96. The van der Waals surface area contributed by atoms with Gasteiger partial charge < -0.3 is 19.3 Å². The minimum Gasteiger partial charge on any atom is -0.490 e. The molecule has 6 nitrogen and oxygen atoms in total. The first-order valence-electron chi connectivity index (χ1n) is 11.1. The molecule has 2 saturated heterocycles. The lowest BCUT2D eigenvalue weighted by atomic mass is 9.96. The minimum absolute atomic E-state index is 0.0494. The number of ether oxygens (including phenoxy) is 2. The van der Waals surface area contributed by atoms with Gasteiger partial charge in [0.25, 0.3) is 0 Å². The molecule has 8 heteroatoms. The largest absolute Gasteiger partial charge is 0.490 e. The number of carbonyl (C=O) groups excluding carboxylic acids is 2. The van der Waals surface area contributed by atoms with Crippen LogP contribution in [0.4, 0.5) is 0 Å². The summed E-state index contributed by atoms with van der Waals surface area (Å²) in [5.41, 5.74) is -0.889. The van der Waals surface area contributed by atoms with Gasteiger partial charge in [0.1, 0.15) is 18.0 Å². The SMILES string of the molecule is O=C(C[C@]1(COc2cccc(Cl)c2)CN(C(=O)Cc2cccs2)CCO1)N1CCCCC1. The predicted octanol–water partition coefficient (Wildman–Crippen LogP) is 4.02. The van der Waals surface area contributed by atoms with E-state index in [-0.39, 0.29) is 24.8 Å². The number of thiophene rings is 1. The molecule has 0 spiro atoms. The summed E-state index contributed by atoms with van der Waals surface area (Å²) in [6.07, 6.45) is 3.78. The maximum Gasteiger partial charge on any atom is 0.228 e. The molecule has 0 radical (unpaired) electrons. The summed E-state index contributed by atoms with van der Waals surface area (Å²) in [4.78, 5) is 30.9. The van der Waals surface area contributed by atoms with Crippen molar-refractivity contribution in [1.29, 1.82) is 0 Å². The van der Waals surface area contributed by atoms with Crippen molar-refractivity contribution in [3.05, 3.63) is 51.7 Å². The van der Waals surface area contributed by atoms with E-state index in [0.29, 0.717) is 36.9 Å². The molecule has 0 N–H and O–H groups in total. The van der Waals surface area contributed by atoms with Crippen LogP contribution >= 0.6 is 22.9 Å². The van der Waals surface area contributed by atoms with E-state index in [1.807, 2.05) is 39.4 Å². The van der Waals surface area contributed by atoms with E-state index in [9.17, 15) is 9.59 Å². The van der Waals surface area contributed by atoms with Gasteiger partial charge in [0.05, 0.1) is 26.0 Å². The van der Waals surface area contributed by atoms with Crippen LogP contribution in [0.1, 0.15) is 30.6 Å². The molecule has 2 aromatic rings. The van der Waals surface area contributed by atoms with Crippen molar-refractivity contribution in [2.24, 2.45) is 0 Å². The third kappa shape index (κ3) is 6.03. The molecule has 1 aromatic heterocycles. The molecule has 4 rings (SSSR count). The molecule has 32 heavy (non-hydrogen) atoms. The van der Waals surface area contributed by atoms with Crippen molar-refractivity contribution in [1.82, 2.24) is 9.80 Å². The van der Waals surface area contributed by atoms with Crippen molar-refractivity contribution in [3.63, 3.8) is 0 Å². The molecule has 172 valence electrons. The van der Waals surface area contributed by atoms with Gasteiger partial charge in [-0.15, -0.1) is 11.3 Å². The Morgan fingerprint density at radius 2 is 1.91 bits per heavy atom. The quantitative estimate of drug-likeness (QED) is 0.605. The van der Waals surface area contributed by atoms with Crippen LogP contribution in [0.15, 0.2) is 41.8 Å². The van der Waals surface area contributed by atoms with Crippen LogP contribution in [0.3, 0.4) is 0 Å². The normalized spacial score (nSPS) is 21.4. The van der Waals surface area contributed by atoms with Crippen molar-refractivity contribution in [2.75, 3.05) is 39.4 Å². The smallest absolute Gasteiger partial charge is 0.228 e. The van der Waals surface area contributed by atoms with Crippen molar-refractivity contribution in [3.8, 4) is 5.75 Å². The Balaban J connectivity index is 1.48. The second-order valence-corrected chi connectivity index (χ2v) is 9.94. The summed E-state index contributed by atoms with van der Waals surface area (Å²) in [6, 6.07) is 11.1. The lowest BCUT2D eigenvalue weighted by molar-refractivity contribution is -0.165. The Morgan fingerprint density at radius 3 is 2.66 bits per heavy atom. The van der Waals surface area contributed by atoms with Gasteiger partial charge in [-0.1, -0.05) is 23.7 Å². The van der Waals surface area contributed by atoms with E-state index >= 15 is 0 Å². The van der Waals surface area contributed by atoms with E-state index in [0.717, 1.165) is 37.2 Å². The van der Waals surface area contributed by atoms with Crippen LogP contribution < -0.4 is 4.74 Å². The van der Waals surface area contributed by atoms with Crippen LogP contribution in [0.25, 0.3) is 0 Å². The molecule has 3 heterocycles. The van der Waals surface area contributed by atoms with Crippen molar-refractivity contribution >= 4 is 34.8 Å². The monoisotopic (exact) mass is 476 g/mol. The fourth-order valence-electron chi connectivity index (χ4n) is 4.28. The Hall–Kier alpha value is -2.09. The number of benzene rings is 1. The molecule has 2 amide bonds. The standard InChI is InChI=1S/C24H29ClN2O4S/c25-19-6-4-7-20(14-19)30-18-24(16-23(29)26-9-2-1-3-10-26)17-27(11-12-31-24)22(28)15-21-8-5-13-32-21/h4-8,13-14H,1-3,9-12,15-18H2/t24-/m1/s1. The summed E-state index contributed by atoms with van der Waals surface area (Å²) >= 11 is 7.67. The Morgan fingerprint density at radius 1 is 1.06 bits per heavy atom. The van der Waals surface area contributed by atoms with E-state index in [4.69, 9.17) is 21.1 Å². The number of hydrogen-bond donors (Lipinski definition) is 0. The molecular weight excluding hydrogens is 448 g/mol. The number of hydrogen-bond acceptors (Lipinski definition) is 5. The van der Waals surface area contributed by atoms with Gasteiger partial charge >= 0.3 is 0 Å². The zero-order valence-corrected chi connectivity index (χ0v) is 19.7. The minimum atomic E-state index is -0.889. The first-order chi connectivity index (χ1) is 15.5. The van der Waals surface area contributed by atoms with E-state index in [1.165, 1.54) is 0 Å². The molecule has 2 aliphatic rings. The molecule has 0 bridgehead atoms. The fraction of sp³-hybridized carbons (Fsp3) is 0.500. The van der Waals surface area contributed by atoms with Gasteiger partial charge in [-0.25, -0.2) is 0 Å². The number of likely N-dealkylation sites (tertiary alicyclic amines) is 1. The lowest BCUT2D eigenvalue weighted by Crippen LogP contribution is -2.58. The first kappa shape index (κ1) is 23.1. The highest BCUT2D eigenvalue weighted by molar-refractivity contribution is 7.10. The molecule has 0 unspecified atom stereocenters. The summed E-state index contributed by atoms with van der Waals surface area (Å²) in [5.74, 6) is 0.730. The molecule has 1 aromatic carbocycles. The topological polar surface area (TPSA) is 59.1 Å². The van der Waals surface area contributed by atoms with Crippen molar-refractivity contribution < 1.29 is 19.1 Å². The van der Waals surface area contributed by atoms with Crippen LogP contribution in [-0.2, 0) is 20.7 Å². The van der Waals surface area contributed by atoms with E-state index in [2.05, 4.69) is 0 Å². The van der Waals surface area contributed by atoms with Gasteiger partial charge in [-0.2, -0.15) is 0 Å². The second kappa shape index (κ2) is 10.7. The van der Waals surface area contributed by atoms with E-state index < -0.39 is 5.60 Å². The van der Waals surface area contributed by atoms with Crippen LogP contribution in [0, 0.1) is 0 Å². The highest BCUT2D eigenvalue weighted by Gasteiger charge is 2.42. The second-order valence-electron chi connectivity index (χ2n) is 8.47. The fourth-order valence-corrected chi connectivity index (χ4v) is 5.16. The van der Waals surface area contributed by atoms with E-state index in [1.54, 1.807) is 23.5 Å². The number of carbonyl (C=O) groups is 2. The summed E-state index contributed by atoms with van der Waals surface area (Å²) in [7, 11) is 0. The number of morpholine rings is 1. The van der Waals surface area contributed by atoms with Gasteiger partial charge in [0.2, 0.25) is 11.8 Å². The number of rotatable bonds is 7. The Bertz CT molecular complexity index is 916. The number of halogens is 1. The zero-order valence-electron chi connectivity index (χ0n) is 18.1. The molecule has 2 aliphatic heterocycles. The predicted molar refractivity (Wildman–Crippen MR) is 125 cm³/mol. The Labute approximate surface area is 198 Å². The molecule has 2 fully saturated rings.